The van der Waals surface area contributed by atoms with Crippen LogP contribution in [0.15, 0.2) is 22.7 Å². The lowest BCUT2D eigenvalue weighted by Gasteiger charge is -2.29. The highest BCUT2D eigenvalue weighted by molar-refractivity contribution is 9.10. The first kappa shape index (κ1) is 16.8. The molecule has 0 saturated heterocycles. The molecule has 0 bridgehead atoms. The summed E-state index contributed by atoms with van der Waals surface area (Å²) in [6.45, 7) is 5.97. The van der Waals surface area contributed by atoms with E-state index in [0.29, 0.717) is 6.04 Å². The van der Waals surface area contributed by atoms with Gasteiger partial charge in [-0.05, 0) is 50.4 Å². The Kier molecular flexibility index (Phi) is 7.05. The van der Waals surface area contributed by atoms with Crippen LogP contribution in [0.2, 0.25) is 0 Å². The zero-order chi connectivity index (χ0) is 15.1. The molecular formula is C18H28BrNO. The number of rotatable bonds is 6. The molecule has 21 heavy (non-hydrogen) atoms. The Hall–Kier alpha value is -0.540. The average Bonchev–Trinajstić information content (AvgIpc) is 2.76. The Labute approximate surface area is 137 Å². The summed E-state index contributed by atoms with van der Waals surface area (Å²) in [6.07, 6.45) is 8.18. The summed E-state index contributed by atoms with van der Waals surface area (Å²) < 4.78 is 7.02. The maximum atomic E-state index is 5.88. The number of hydrogen-bond acceptors (Lipinski definition) is 2. The second-order valence-electron chi connectivity index (χ2n) is 5.90. The van der Waals surface area contributed by atoms with Gasteiger partial charge in [0.25, 0.3) is 0 Å². The van der Waals surface area contributed by atoms with E-state index in [2.05, 4.69) is 53.3 Å². The molecule has 1 N–H and O–H groups in total. The predicted octanol–water partition coefficient (Wildman–Crippen LogP) is 5.47. The molecule has 1 unspecified atom stereocenters. The summed E-state index contributed by atoms with van der Waals surface area (Å²) in [6, 6.07) is 6.82. The Morgan fingerprint density at radius 1 is 1.19 bits per heavy atom. The van der Waals surface area contributed by atoms with Crippen LogP contribution in [-0.2, 0) is 0 Å². The quantitative estimate of drug-likeness (QED) is 0.684. The van der Waals surface area contributed by atoms with Crippen molar-refractivity contribution >= 4 is 15.9 Å². The highest BCUT2D eigenvalue weighted by Crippen LogP contribution is 2.38. The Morgan fingerprint density at radius 2 is 1.90 bits per heavy atom. The first-order valence-corrected chi connectivity index (χ1v) is 9.21. The van der Waals surface area contributed by atoms with Crippen molar-refractivity contribution in [2.24, 2.45) is 5.92 Å². The first-order valence-electron chi connectivity index (χ1n) is 8.41. The van der Waals surface area contributed by atoms with Crippen LogP contribution < -0.4 is 10.1 Å². The highest BCUT2D eigenvalue weighted by Gasteiger charge is 2.26. The molecule has 3 heteroatoms. The van der Waals surface area contributed by atoms with E-state index < -0.39 is 0 Å². The van der Waals surface area contributed by atoms with Crippen LogP contribution in [0.1, 0.15) is 64.0 Å². The van der Waals surface area contributed by atoms with E-state index in [-0.39, 0.29) is 0 Å². The van der Waals surface area contributed by atoms with Crippen molar-refractivity contribution < 1.29 is 4.74 Å². The van der Waals surface area contributed by atoms with Gasteiger partial charge in [0, 0.05) is 16.1 Å². The molecule has 2 rings (SSSR count). The molecule has 118 valence electrons. The van der Waals surface area contributed by atoms with E-state index in [4.69, 9.17) is 4.74 Å². The third kappa shape index (κ3) is 4.72. The molecule has 0 radical (unpaired) electrons. The fraction of sp³-hybridized carbons (Fsp3) is 0.667. The van der Waals surface area contributed by atoms with Gasteiger partial charge in [-0.3, -0.25) is 0 Å². The van der Waals surface area contributed by atoms with E-state index in [1.54, 1.807) is 0 Å². The monoisotopic (exact) mass is 353 g/mol. The van der Waals surface area contributed by atoms with Gasteiger partial charge in [-0.1, -0.05) is 48.5 Å². The summed E-state index contributed by atoms with van der Waals surface area (Å²) in [5, 5.41) is 3.72. The fourth-order valence-electron chi connectivity index (χ4n) is 3.44. The van der Waals surface area contributed by atoms with Crippen molar-refractivity contribution in [3.8, 4) is 5.75 Å². The molecule has 0 aliphatic heterocycles. The lowest BCUT2D eigenvalue weighted by Crippen LogP contribution is -2.28. The van der Waals surface area contributed by atoms with Crippen molar-refractivity contribution in [3.63, 3.8) is 0 Å². The third-order valence-corrected chi connectivity index (χ3v) is 4.90. The average molecular weight is 354 g/mol. The minimum Gasteiger partial charge on any atom is -0.494 e. The van der Waals surface area contributed by atoms with E-state index in [0.717, 1.165) is 29.3 Å². The summed E-state index contributed by atoms with van der Waals surface area (Å²) >= 11 is 3.62. The molecule has 1 fully saturated rings. The van der Waals surface area contributed by atoms with Crippen LogP contribution in [0.25, 0.3) is 0 Å². The summed E-state index contributed by atoms with van der Waals surface area (Å²) in [7, 11) is 0. The van der Waals surface area contributed by atoms with Gasteiger partial charge >= 0.3 is 0 Å². The number of ether oxygens (including phenoxy) is 1. The summed E-state index contributed by atoms with van der Waals surface area (Å²) in [5.74, 6) is 1.76. The molecule has 1 aromatic rings. The van der Waals surface area contributed by atoms with Crippen LogP contribution in [0, 0.1) is 5.92 Å². The molecule has 1 aromatic carbocycles. The molecule has 1 atom stereocenters. The van der Waals surface area contributed by atoms with Gasteiger partial charge in [0.2, 0.25) is 0 Å². The molecule has 0 heterocycles. The smallest absolute Gasteiger partial charge is 0.124 e. The van der Waals surface area contributed by atoms with Gasteiger partial charge < -0.3 is 10.1 Å². The lowest BCUT2D eigenvalue weighted by atomic mass is 9.86. The minimum atomic E-state index is 0.409. The van der Waals surface area contributed by atoms with E-state index in [9.17, 15) is 0 Å². The molecule has 0 amide bonds. The van der Waals surface area contributed by atoms with Crippen molar-refractivity contribution in [1.29, 1.82) is 0 Å². The van der Waals surface area contributed by atoms with Crippen LogP contribution in [0.3, 0.4) is 0 Å². The lowest BCUT2D eigenvalue weighted by molar-refractivity contribution is 0.299. The van der Waals surface area contributed by atoms with Gasteiger partial charge in [-0.25, -0.2) is 0 Å². The third-order valence-electron chi connectivity index (χ3n) is 4.40. The second-order valence-corrected chi connectivity index (χ2v) is 6.82. The Morgan fingerprint density at radius 3 is 2.52 bits per heavy atom. The standard InChI is InChI=1S/C18H28BrNO/c1-3-20-18(14-9-7-5-6-8-10-14)16-13-15(19)11-12-17(16)21-4-2/h11-14,18,20H,3-10H2,1-2H3. The van der Waals surface area contributed by atoms with Crippen LogP contribution >= 0.6 is 15.9 Å². The Bertz CT molecular complexity index is 427. The summed E-state index contributed by atoms with van der Waals surface area (Å²) in [4.78, 5) is 0. The molecule has 2 nitrogen and oxygen atoms in total. The van der Waals surface area contributed by atoms with Crippen LogP contribution in [0.5, 0.6) is 5.75 Å². The van der Waals surface area contributed by atoms with Crippen molar-refractivity contribution in [3.05, 3.63) is 28.2 Å². The van der Waals surface area contributed by atoms with E-state index in [1.165, 1.54) is 44.1 Å². The van der Waals surface area contributed by atoms with Crippen LogP contribution in [0.4, 0.5) is 0 Å². The maximum Gasteiger partial charge on any atom is 0.124 e. The van der Waals surface area contributed by atoms with E-state index in [1.807, 2.05) is 0 Å². The first-order chi connectivity index (χ1) is 10.3. The van der Waals surface area contributed by atoms with Crippen molar-refractivity contribution in [2.75, 3.05) is 13.2 Å². The second kappa shape index (κ2) is 8.79. The van der Waals surface area contributed by atoms with Gasteiger partial charge in [0.1, 0.15) is 5.75 Å². The van der Waals surface area contributed by atoms with Gasteiger partial charge in [-0.2, -0.15) is 0 Å². The number of benzene rings is 1. The van der Waals surface area contributed by atoms with Gasteiger partial charge in [-0.15, -0.1) is 0 Å². The summed E-state index contributed by atoms with van der Waals surface area (Å²) in [5.41, 5.74) is 1.32. The van der Waals surface area contributed by atoms with Crippen molar-refractivity contribution in [1.82, 2.24) is 5.32 Å². The molecule has 1 saturated carbocycles. The number of hydrogen-bond donors (Lipinski definition) is 1. The van der Waals surface area contributed by atoms with Crippen LogP contribution in [-0.4, -0.2) is 13.2 Å². The van der Waals surface area contributed by atoms with Gasteiger partial charge in [0.15, 0.2) is 0 Å². The zero-order valence-corrected chi connectivity index (χ0v) is 14.9. The maximum absolute atomic E-state index is 5.88. The molecule has 0 aromatic heterocycles. The fourth-order valence-corrected chi connectivity index (χ4v) is 3.82. The van der Waals surface area contributed by atoms with Gasteiger partial charge in [0.05, 0.1) is 6.61 Å². The largest absolute Gasteiger partial charge is 0.494 e. The normalized spacial score (nSPS) is 18.2. The molecule has 0 spiro atoms. The SMILES string of the molecule is CCNC(c1cc(Br)ccc1OCC)C1CCCCCC1. The Balaban J connectivity index is 2.29. The topological polar surface area (TPSA) is 21.3 Å². The molecular weight excluding hydrogens is 326 g/mol. The van der Waals surface area contributed by atoms with Crippen molar-refractivity contribution in [2.45, 2.75) is 58.4 Å². The molecule has 1 aliphatic carbocycles. The number of nitrogens with one attached hydrogen (secondary N) is 1. The highest BCUT2D eigenvalue weighted by atomic mass is 79.9. The minimum absolute atomic E-state index is 0.409. The number of halogens is 1. The van der Waals surface area contributed by atoms with E-state index >= 15 is 0 Å². The zero-order valence-electron chi connectivity index (χ0n) is 13.3. The predicted molar refractivity (Wildman–Crippen MR) is 92.9 cm³/mol. The molecule has 1 aliphatic rings.